The number of benzene rings is 5. The summed E-state index contributed by atoms with van der Waals surface area (Å²) in [5, 5.41) is 7.93. The first kappa shape index (κ1) is 16.3. The summed E-state index contributed by atoms with van der Waals surface area (Å²) >= 11 is 5.56. The van der Waals surface area contributed by atoms with Gasteiger partial charge in [-0.3, -0.25) is 0 Å². The molecule has 0 amide bonds. The van der Waals surface area contributed by atoms with Crippen LogP contribution in [0.3, 0.4) is 0 Å². The molecule has 0 bridgehead atoms. The molecule has 6 aromatic rings. The highest BCUT2D eigenvalue weighted by Gasteiger charge is 2.15. The molecule has 0 fully saturated rings. The number of fused-ring (bicyclic) bond motifs is 6. The molecule has 0 saturated carbocycles. The zero-order valence-corrected chi connectivity index (χ0v) is 17.3. The Bertz CT molecular complexity index is 1520. The van der Waals surface area contributed by atoms with Gasteiger partial charge in [0.1, 0.15) is 0 Å². The van der Waals surface area contributed by atoms with Gasteiger partial charge in [-0.05, 0) is 63.0 Å². The van der Waals surface area contributed by atoms with Crippen LogP contribution >= 0.6 is 27.3 Å². The van der Waals surface area contributed by atoms with Crippen LogP contribution in [-0.2, 0) is 0 Å². The van der Waals surface area contributed by atoms with Crippen LogP contribution in [0.1, 0.15) is 0 Å². The maximum atomic E-state index is 3.65. The van der Waals surface area contributed by atoms with E-state index in [0.29, 0.717) is 0 Å². The largest absolute Gasteiger partial charge is 0.134 e. The molecule has 0 N–H and O–H groups in total. The van der Waals surface area contributed by atoms with E-state index < -0.39 is 0 Å². The van der Waals surface area contributed by atoms with E-state index in [4.69, 9.17) is 0 Å². The Morgan fingerprint density at radius 1 is 0.607 bits per heavy atom. The molecular weight excluding hydrogens is 424 g/mol. The van der Waals surface area contributed by atoms with Gasteiger partial charge in [0, 0.05) is 24.6 Å². The molecule has 0 atom stereocenters. The smallest absolute Gasteiger partial charge is 0.0440 e. The van der Waals surface area contributed by atoms with Gasteiger partial charge in [0.05, 0.1) is 0 Å². The van der Waals surface area contributed by atoms with E-state index in [-0.39, 0.29) is 0 Å². The normalized spacial score (nSPS) is 11.8. The standard InChI is InChI=1S/C26H15BrS/c27-20-10-5-9-18(12-20)22-14-19-8-3-4-11-21(19)26-25(22)23-13-16-6-1-2-7-17(16)15-24(23)28-26/h1-15H. The predicted molar refractivity (Wildman–Crippen MR) is 127 cm³/mol. The maximum absolute atomic E-state index is 3.65. The van der Waals surface area contributed by atoms with E-state index in [9.17, 15) is 0 Å². The lowest BCUT2D eigenvalue weighted by molar-refractivity contribution is 1.63. The molecule has 0 spiro atoms. The summed E-state index contributed by atoms with van der Waals surface area (Å²) in [6, 6.07) is 33.0. The molecule has 28 heavy (non-hydrogen) atoms. The quantitative estimate of drug-likeness (QED) is 0.240. The highest BCUT2D eigenvalue weighted by molar-refractivity contribution is 9.10. The lowest BCUT2D eigenvalue weighted by atomic mass is 9.95. The first-order chi connectivity index (χ1) is 13.8. The fourth-order valence-electron chi connectivity index (χ4n) is 4.18. The van der Waals surface area contributed by atoms with Crippen LogP contribution in [0.25, 0.3) is 52.8 Å². The molecule has 0 aliphatic carbocycles. The van der Waals surface area contributed by atoms with Crippen molar-refractivity contribution in [2.45, 2.75) is 0 Å². The third kappa shape index (κ3) is 2.42. The van der Waals surface area contributed by atoms with Gasteiger partial charge in [-0.1, -0.05) is 76.6 Å². The van der Waals surface area contributed by atoms with Crippen LogP contribution in [0, 0.1) is 0 Å². The molecule has 5 aromatic carbocycles. The Balaban J connectivity index is 1.86. The number of thiophene rings is 1. The van der Waals surface area contributed by atoms with Gasteiger partial charge < -0.3 is 0 Å². The van der Waals surface area contributed by atoms with Crippen LogP contribution in [-0.4, -0.2) is 0 Å². The second kappa shape index (κ2) is 6.16. The van der Waals surface area contributed by atoms with Gasteiger partial charge in [0.25, 0.3) is 0 Å². The lowest BCUT2D eigenvalue weighted by Crippen LogP contribution is -1.82. The third-order valence-corrected chi connectivity index (χ3v) is 7.15. The minimum atomic E-state index is 1.11. The molecular formula is C26H15BrS. The summed E-state index contributed by atoms with van der Waals surface area (Å²) < 4.78 is 3.83. The minimum Gasteiger partial charge on any atom is -0.134 e. The Morgan fingerprint density at radius 3 is 2.18 bits per heavy atom. The summed E-state index contributed by atoms with van der Waals surface area (Å²) in [4.78, 5) is 0. The molecule has 0 aliphatic heterocycles. The van der Waals surface area contributed by atoms with Crippen molar-refractivity contribution in [1.29, 1.82) is 0 Å². The van der Waals surface area contributed by atoms with Crippen LogP contribution < -0.4 is 0 Å². The molecule has 132 valence electrons. The van der Waals surface area contributed by atoms with Gasteiger partial charge in [-0.25, -0.2) is 0 Å². The van der Waals surface area contributed by atoms with Crippen LogP contribution in [0.5, 0.6) is 0 Å². The number of hydrogen-bond acceptors (Lipinski definition) is 1. The minimum absolute atomic E-state index is 1.11. The highest BCUT2D eigenvalue weighted by atomic mass is 79.9. The maximum Gasteiger partial charge on any atom is 0.0440 e. The van der Waals surface area contributed by atoms with Crippen molar-refractivity contribution in [3.63, 3.8) is 0 Å². The molecule has 1 heterocycles. The summed E-state index contributed by atoms with van der Waals surface area (Å²) in [5.74, 6) is 0. The average Bonchev–Trinajstić information content (AvgIpc) is 3.10. The van der Waals surface area contributed by atoms with E-state index in [1.165, 1.54) is 52.8 Å². The summed E-state index contributed by atoms with van der Waals surface area (Å²) in [5.41, 5.74) is 2.55. The van der Waals surface area contributed by atoms with E-state index >= 15 is 0 Å². The van der Waals surface area contributed by atoms with Gasteiger partial charge in [0.15, 0.2) is 0 Å². The zero-order chi connectivity index (χ0) is 18.7. The monoisotopic (exact) mass is 438 g/mol. The Kier molecular flexibility index (Phi) is 3.59. The zero-order valence-electron chi connectivity index (χ0n) is 14.9. The van der Waals surface area contributed by atoms with Crippen molar-refractivity contribution in [2.75, 3.05) is 0 Å². The SMILES string of the molecule is Brc1cccc(-c2cc3ccccc3c3sc4cc5ccccc5cc4c23)c1. The fraction of sp³-hybridized carbons (Fsp3) is 0. The van der Waals surface area contributed by atoms with Crippen molar-refractivity contribution in [2.24, 2.45) is 0 Å². The van der Waals surface area contributed by atoms with Gasteiger partial charge in [-0.15, -0.1) is 11.3 Å². The molecule has 0 radical (unpaired) electrons. The Labute approximate surface area is 175 Å². The number of halogens is 1. The average molecular weight is 439 g/mol. The van der Waals surface area contributed by atoms with E-state index in [2.05, 4.69) is 107 Å². The molecule has 1 aromatic heterocycles. The number of hydrogen-bond donors (Lipinski definition) is 0. The summed E-state index contributed by atoms with van der Waals surface area (Å²) in [6.45, 7) is 0. The van der Waals surface area contributed by atoms with Crippen molar-refractivity contribution in [3.05, 3.63) is 95.5 Å². The van der Waals surface area contributed by atoms with E-state index in [1.54, 1.807) is 0 Å². The van der Waals surface area contributed by atoms with Crippen LogP contribution in [0.2, 0.25) is 0 Å². The molecule has 6 rings (SSSR count). The van der Waals surface area contributed by atoms with Gasteiger partial charge in [0.2, 0.25) is 0 Å². The third-order valence-electron chi connectivity index (χ3n) is 5.47. The van der Waals surface area contributed by atoms with Crippen molar-refractivity contribution < 1.29 is 0 Å². The number of rotatable bonds is 1. The van der Waals surface area contributed by atoms with Crippen LogP contribution in [0.4, 0.5) is 0 Å². The Hall–Kier alpha value is -2.68. The summed E-state index contributed by atoms with van der Waals surface area (Å²) in [7, 11) is 0. The predicted octanol–water partition coefficient (Wildman–Crippen LogP) is 8.79. The molecule has 0 unspecified atom stereocenters. The molecule has 0 aliphatic rings. The van der Waals surface area contributed by atoms with E-state index in [0.717, 1.165) is 4.47 Å². The second-order valence-corrected chi connectivity index (χ2v) is 9.13. The van der Waals surface area contributed by atoms with Crippen molar-refractivity contribution in [1.82, 2.24) is 0 Å². The topological polar surface area (TPSA) is 0 Å². The molecule has 2 heteroatoms. The fourth-order valence-corrected chi connectivity index (χ4v) is 5.87. The first-order valence-electron chi connectivity index (χ1n) is 9.31. The van der Waals surface area contributed by atoms with Crippen molar-refractivity contribution >= 4 is 69.0 Å². The second-order valence-electron chi connectivity index (χ2n) is 7.16. The summed E-state index contributed by atoms with van der Waals surface area (Å²) in [6.07, 6.45) is 0. The van der Waals surface area contributed by atoms with Crippen LogP contribution in [0.15, 0.2) is 95.5 Å². The highest BCUT2D eigenvalue weighted by Crippen LogP contribution is 2.45. The first-order valence-corrected chi connectivity index (χ1v) is 10.9. The molecule has 0 nitrogen and oxygen atoms in total. The lowest BCUT2D eigenvalue weighted by Gasteiger charge is -2.09. The van der Waals surface area contributed by atoms with Gasteiger partial charge in [-0.2, -0.15) is 0 Å². The molecule has 0 saturated heterocycles. The Morgan fingerprint density at radius 2 is 1.36 bits per heavy atom. The van der Waals surface area contributed by atoms with Gasteiger partial charge >= 0.3 is 0 Å². The van der Waals surface area contributed by atoms with Crippen molar-refractivity contribution in [3.8, 4) is 11.1 Å². The van der Waals surface area contributed by atoms with E-state index in [1.807, 2.05) is 11.3 Å².